The van der Waals surface area contributed by atoms with Gasteiger partial charge in [0.1, 0.15) is 0 Å². The highest BCUT2D eigenvalue weighted by molar-refractivity contribution is 7.81. The molecule has 0 heterocycles. The Bertz CT molecular complexity index is 258. The molecule has 16 heavy (non-hydrogen) atoms. The topological polar surface area (TPSA) is 44.1 Å². The summed E-state index contributed by atoms with van der Waals surface area (Å²) in [6.07, 6.45) is 0.386. The van der Waals surface area contributed by atoms with Crippen LogP contribution < -0.4 is 0 Å². The molecule has 0 N–H and O–H groups in total. The molecule has 0 radical (unpaired) electrons. The van der Waals surface area contributed by atoms with E-state index in [0.29, 0.717) is 25.4 Å². The van der Waals surface area contributed by atoms with Crippen molar-refractivity contribution in [2.24, 2.45) is 11.8 Å². The molecule has 1 unspecified atom stereocenters. The molecule has 1 atom stereocenters. The Kier molecular flexibility index (Phi) is 7.24. The van der Waals surface area contributed by atoms with Crippen LogP contribution in [0.25, 0.3) is 0 Å². The lowest BCUT2D eigenvalue weighted by atomic mass is 10.1. The molecule has 0 rings (SSSR count). The SMILES string of the molecule is CC(C)CN(CCC#N)C(=O)C(S)C(C)C. The number of thiol groups is 1. The quantitative estimate of drug-likeness (QED) is 0.727. The second kappa shape index (κ2) is 7.56. The molecule has 0 aromatic heterocycles. The van der Waals surface area contributed by atoms with Crippen LogP contribution in [0.3, 0.4) is 0 Å². The zero-order valence-electron chi connectivity index (χ0n) is 10.6. The Labute approximate surface area is 104 Å². The fourth-order valence-corrected chi connectivity index (χ4v) is 1.55. The van der Waals surface area contributed by atoms with Gasteiger partial charge in [-0.15, -0.1) is 0 Å². The van der Waals surface area contributed by atoms with Gasteiger partial charge in [-0.2, -0.15) is 17.9 Å². The number of hydrogen-bond donors (Lipinski definition) is 1. The van der Waals surface area contributed by atoms with E-state index < -0.39 is 0 Å². The summed E-state index contributed by atoms with van der Waals surface area (Å²) in [7, 11) is 0. The van der Waals surface area contributed by atoms with Gasteiger partial charge in [-0.25, -0.2) is 0 Å². The highest BCUT2D eigenvalue weighted by Crippen LogP contribution is 2.14. The third kappa shape index (κ3) is 5.41. The van der Waals surface area contributed by atoms with Crippen molar-refractivity contribution in [3.05, 3.63) is 0 Å². The van der Waals surface area contributed by atoms with Gasteiger partial charge in [0.05, 0.1) is 17.7 Å². The van der Waals surface area contributed by atoms with E-state index in [1.165, 1.54) is 0 Å². The highest BCUT2D eigenvalue weighted by atomic mass is 32.1. The molecule has 0 aromatic carbocycles. The van der Waals surface area contributed by atoms with E-state index in [2.05, 4.69) is 32.5 Å². The second-order valence-corrected chi connectivity index (χ2v) is 5.33. The Morgan fingerprint density at radius 1 is 1.38 bits per heavy atom. The van der Waals surface area contributed by atoms with Crippen molar-refractivity contribution in [1.82, 2.24) is 4.90 Å². The van der Waals surface area contributed by atoms with E-state index in [1.54, 1.807) is 4.90 Å². The van der Waals surface area contributed by atoms with Crippen LogP contribution in [-0.4, -0.2) is 29.1 Å². The van der Waals surface area contributed by atoms with Gasteiger partial charge in [-0.05, 0) is 11.8 Å². The normalized spacial score (nSPS) is 12.6. The van der Waals surface area contributed by atoms with E-state index >= 15 is 0 Å². The summed E-state index contributed by atoms with van der Waals surface area (Å²) < 4.78 is 0. The van der Waals surface area contributed by atoms with Crippen LogP contribution in [-0.2, 0) is 4.79 Å². The molecule has 3 nitrogen and oxygen atoms in total. The molecule has 0 saturated carbocycles. The van der Waals surface area contributed by atoms with Gasteiger partial charge in [0.15, 0.2) is 0 Å². The van der Waals surface area contributed by atoms with Crippen molar-refractivity contribution in [1.29, 1.82) is 5.26 Å². The van der Waals surface area contributed by atoms with Crippen molar-refractivity contribution in [2.75, 3.05) is 13.1 Å². The van der Waals surface area contributed by atoms with Gasteiger partial charge in [0.25, 0.3) is 0 Å². The summed E-state index contributed by atoms with van der Waals surface area (Å²) in [5.41, 5.74) is 0. The smallest absolute Gasteiger partial charge is 0.235 e. The van der Waals surface area contributed by atoms with E-state index in [1.807, 2.05) is 13.8 Å². The minimum absolute atomic E-state index is 0.0438. The molecule has 0 saturated heterocycles. The summed E-state index contributed by atoms with van der Waals surface area (Å²) in [6.45, 7) is 9.30. The maximum Gasteiger partial charge on any atom is 0.235 e. The summed E-state index contributed by atoms with van der Waals surface area (Å²) >= 11 is 4.33. The van der Waals surface area contributed by atoms with Crippen LogP contribution in [0.5, 0.6) is 0 Å². The van der Waals surface area contributed by atoms with Crippen molar-refractivity contribution < 1.29 is 4.79 Å². The van der Waals surface area contributed by atoms with Crippen LogP contribution in [0, 0.1) is 23.2 Å². The molecule has 0 aliphatic carbocycles. The summed E-state index contributed by atoms with van der Waals surface area (Å²) in [6, 6.07) is 2.08. The number of amides is 1. The lowest BCUT2D eigenvalue weighted by Gasteiger charge is -2.27. The molecule has 0 aliphatic heterocycles. The van der Waals surface area contributed by atoms with Crippen molar-refractivity contribution in [3.8, 4) is 6.07 Å². The lowest BCUT2D eigenvalue weighted by Crippen LogP contribution is -2.41. The first-order valence-electron chi connectivity index (χ1n) is 5.74. The minimum Gasteiger partial charge on any atom is -0.340 e. The summed E-state index contributed by atoms with van der Waals surface area (Å²) in [5.74, 6) is 0.671. The van der Waals surface area contributed by atoms with Crippen LogP contribution in [0.4, 0.5) is 0 Å². The van der Waals surface area contributed by atoms with Crippen molar-refractivity contribution in [2.45, 2.75) is 39.4 Å². The molecule has 92 valence electrons. The number of carbonyl (C=O) groups excluding carboxylic acids is 1. The third-order valence-corrected chi connectivity index (χ3v) is 3.09. The first-order chi connectivity index (χ1) is 7.40. The third-order valence-electron chi connectivity index (χ3n) is 2.28. The summed E-state index contributed by atoms with van der Waals surface area (Å²) in [4.78, 5) is 13.8. The van der Waals surface area contributed by atoms with E-state index in [9.17, 15) is 4.79 Å². The average molecular weight is 242 g/mol. The molecule has 1 amide bonds. The Morgan fingerprint density at radius 3 is 2.31 bits per heavy atom. The molecular formula is C12H22N2OS. The van der Waals surface area contributed by atoms with Gasteiger partial charge in [0, 0.05) is 13.1 Å². The predicted octanol–water partition coefficient (Wildman–Crippen LogP) is 2.34. The summed E-state index contributed by atoms with van der Waals surface area (Å²) in [5, 5.41) is 8.31. The fraction of sp³-hybridized carbons (Fsp3) is 0.833. The first-order valence-corrected chi connectivity index (χ1v) is 6.25. The van der Waals surface area contributed by atoms with Crippen molar-refractivity contribution >= 4 is 18.5 Å². The van der Waals surface area contributed by atoms with Gasteiger partial charge in [0.2, 0.25) is 5.91 Å². The molecule has 4 heteroatoms. The maximum atomic E-state index is 12.1. The van der Waals surface area contributed by atoms with Crippen LogP contribution >= 0.6 is 12.6 Å². The van der Waals surface area contributed by atoms with Crippen LogP contribution in [0.15, 0.2) is 0 Å². The molecule has 0 bridgehead atoms. The average Bonchev–Trinajstić information content (AvgIpc) is 2.21. The zero-order valence-corrected chi connectivity index (χ0v) is 11.5. The zero-order chi connectivity index (χ0) is 12.7. The largest absolute Gasteiger partial charge is 0.340 e. The van der Waals surface area contributed by atoms with Gasteiger partial charge in [-0.3, -0.25) is 4.79 Å². The molecule has 0 spiro atoms. The van der Waals surface area contributed by atoms with E-state index in [0.717, 1.165) is 0 Å². The van der Waals surface area contributed by atoms with Gasteiger partial charge < -0.3 is 4.90 Å². The fourth-order valence-electron chi connectivity index (χ4n) is 1.39. The van der Waals surface area contributed by atoms with Gasteiger partial charge >= 0.3 is 0 Å². The Morgan fingerprint density at radius 2 is 1.94 bits per heavy atom. The Hall–Kier alpha value is -0.690. The molecular weight excluding hydrogens is 220 g/mol. The van der Waals surface area contributed by atoms with E-state index in [-0.39, 0.29) is 17.1 Å². The lowest BCUT2D eigenvalue weighted by molar-refractivity contribution is -0.131. The van der Waals surface area contributed by atoms with E-state index in [4.69, 9.17) is 5.26 Å². The second-order valence-electron chi connectivity index (χ2n) is 4.78. The standard InChI is InChI=1S/C12H22N2OS/c1-9(2)8-14(7-5-6-13)12(15)11(16)10(3)4/h9-11,16H,5,7-8H2,1-4H3. The number of rotatable bonds is 6. The number of carbonyl (C=O) groups is 1. The van der Waals surface area contributed by atoms with Crippen LogP contribution in [0.1, 0.15) is 34.1 Å². The molecule has 0 aromatic rings. The predicted molar refractivity (Wildman–Crippen MR) is 69.3 cm³/mol. The minimum atomic E-state index is -0.266. The number of nitrogens with zero attached hydrogens (tertiary/aromatic N) is 2. The monoisotopic (exact) mass is 242 g/mol. The van der Waals surface area contributed by atoms with Gasteiger partial charge in [-0.1, -0.05) is 27.7 Å². The van der Waals surface area contributed by atoms with Crippen molar-refractivity contribution in [3.63, 3.8) is 0 Å². The molecule has 0 aliphatic rings. The molecule has 0 fully saturated rings. The number of hydrogen-bond acceptors (Lipinski definition) is 3. The highest BCUT2D eigenvalue weighted by Gasteiger charge is 2.23. The Balaban J connectivity index is 4.49. The first kappa shape index (κ1) is 15.3. The number of nitriles is 1. The van der Waals surface area contributed by atoms with Crippen LogP contribution in [0.2, 0.25) is 0 Å². The maximum absolute atomic E-state index is 12.1.